The minimum Gasteiger partial charge on any atom is -0.497 e. The summed E-state index contributed by atoms with van der Waals surface area (Å²) in [6, 6.07) is 8.57. The van der Waals surface area contributed by atoms with Gasteiger partial charge in [-0.15, -0.1) is 0 Å². The molecule has 0 aromatic heterocycles. The lowest BCUT2D eigenvalue weighted by Gasteiger charge is -2.21. The SMILES string of the molecule is CC[C@H](C)[C@H](C)Nc1ccc(OC)cc1. The highest BCUT2D eigenvalue weighted by atomic mass is 16.5. The molecule has 0 unspecified atom stereocenters. The third kappa shape index (κ3) is 3.46. The summed E-state index contributed by atoms with van der Waals surface area (Å²) >= 11 is 0. The topological polar surface area (TPSA) is 21.3 Å². The molecule has 0 aliphatic heterocycles. The molecule has 1 rings (SSSR count). The van der Waals surface area contributed by atoms with Crippen LogP contribution in [0, 0.1) is 5.92 Å². The summed E-state index contributed by atoms with van der Waals surface area (Å²) < 4.78 is 5.11. The van der Waals surface area contributed by atoms with Crippen molar-refractivity contribution in [2.45, 2.75) is 33.2 Å². The molecule has 1 N–H and O–H groups in total. The van der Waals surface area contributed by atoms with Gasteiger partial charge in [0.25, 0.3) is 0 Å². The van der Waals surface area contributed by atoms with Crippen molar-refractivity contribution in [1.29, 1.82) is 0 Å². The summed E-state index contributed by atoms with van der Waals surface area (Å²) in [7, 11) is 1.68. The third-order valence-corrected chi connectivity index (χ3v) is 2.98. The fourth-order valence-corrected chi connectivity index (χ4v) is 1.45. The summed E-state index contributed by atoms with van der Waals surface area (Å²) in [6.45, 7) is 6.70. The molecule has 0 saturated heterocycles. The maximum atomic E-state index is 5.11. The molecule has 1 aromatic rings. The van der Waals surface area contributed by atoms with Gasteiger partial charge in [0, 0.05) is 11.7 Å². The van der Waals surface area contributed by atoms with Crippen LogP contribution in [0.15, 0.2) is 24.3 Å². The minimum absolute atomic E-state index is 0.503. The van der Waals surface area contributed by atoms with Crippen molar-refractivity contribution >= 4 is 5.69 Å². The van der Waals surface area contributed by atoms with Crippen molar-refractivity contribution in [2.75, 3.05) is 12.4 Å². The van der Waals surface area contributed by atoms with Gasteiger partial charge < -0.3 is 10.1 Å². The maximum absolute atomic E-state index is 5.11. The van der Waals surface area contributed by atoms with E-state index in [-0.39, 0.29) is 0 Å². The van der Waals surface area contributed by atoms with Crippen LogP contribution in [0.1, 0.15) is 27.2 Å². The molecule has 0 amide bonds. The Morgan fingerprint density at radius 2 is 1.80 bits per heavy atom. The number of anilines is 1. The van der Waals surface area contributed by atoms with Crippen LogP contribution in [-0.4, -0.2) is 13.2 Å². The van der Waals surface area contributed by atoms with Crippen LogP contribution >= 0.6 is 0 Å². The molecule has 0 bridgehead atoms. The van der Waals surface area contributed by atoms with E-state index in [2.05, 4.69) is 38.2 Å². The zero-order valence-electron chi connectivity index (χ0n) is 10.1. The van der Waals surface area contributed by atoms with Gasteiger partial charge in [-0.2, -0.15) is 0 Å². The highest BCUT2D eigenvalue weighted by molar-refractivity contribution is 5.47. The fraction of sp³-hybridized carbons (Fsp3) is 0.538. The Balaban J connectivity index is 2.57. The zero-order valence-corrected chi connectivity index (χ0v) is 10.1. The molecule has 0 saturated carbocycles. The predicted molar refractivity (Wildman–Crippen MR) is 65.5 cm³/mol. The van der Waals surface area contributed by atoms with Gasteiger partial charge in [-0.1, -0.05) is 20.3 Å². The normalized spacial score (nSPS) is 14.4. The molecular formula is C13H21NO. The van der Waals surface area contributed by atoms with Crippen molar-refractivity contribution < 1.29 is 4.74 Å². The average molecular weight is 207 g/mol. The lowest BCUT2D eigenvalue weighted by molar-refractivity contribution is 0.415. The Labute approximate surface area is 92.6 Å². The first kappa shape index (κ1) is 11.9. The van der Waals surface area contributed by atoms with E-state index < -0.39 is 0 Å². The van der Waals surface area contributed by atoms with E-state index in [1.807, 2.05) is 12.1 Å². The number of hydrogen-bond acceptors (Lipinski definition) is 2. The fourth-order valence-electron chi connectivity index (χ4n) is 1.45. The number of methoxy groups -OCH3 is 1. The number of ether oxygens (including phenoxy) is 1. The number of rotatable bonds is 5. The van der Waals surface area contributed by atoms with E-state index >= 15 is 0 Å². The summed E-state index contributed by atoms with van der Waals surface area (Å²) in [5.74, 6) is 1.59. The van der Waals surface area contributed by atoms with Crippen molar-refractivity contribution in [1.82, 2.24) is 0 Å². The Morgan fingerprint density at radius 1 is 1.20 bits per heavy atom. The standard InChI is InChI=1S/C13H21NO/c1-5-10(2)11(3)14-12-6-8-13(15-4)9-7-12/h6-11,14H,5H2,1-4H3/t10-,11-/m0/s1. The van der Waals surface area contributed by atoms with E-state index in [1.165, 1.54) is 6.42 Å². The quantitative estimate of drug-likeness (QED) is 0.797. The number of hydrogen-bond donors (Lipinski definition) is 1. The lowest BCUT2D eigenvalue weighted by Crippen LogP contribution is -2.23. The summed E-state index contributed by atoms with van der Waals surface area (Å²) in [5.41, 5.74) is 1.16. The van der Waals surface area contributed by atoms with Gasteiger partial charge in [0.05, 0.1) is 7.11 Å². The average Bonchev–Trinajstić information content (AvgIpc) is 2.29. The van der Waals surface area contributed by atoms with Gasteiger partial charge in [0.2, 0.25) is 0 Å². The molecule has 0 aliphatic carbocycles. The van der Waals surface area contributed by atoms with Crippen LogP contribution in [0.2, 0.25) is 0 Å². The number of nitrogens with one attached hydrogen (secondary N) is 1. The van der Waals surface area contributed by atoms with Gasteiger partial charge in [-0.25, -0.2) is 0 Å². The zero-order chi connectivity index (χ0) is 11.3. The molecule has 0 heterocycles. The Bertz CT molecular complexity index is 281. The van der Waals surface area contributed by atoms with Crippen LogP contribution in [0.5, 0.6) is 5.75 Å². The first-order valence-corrected chi connectivity index (χ1v) is 5.58. The Morgan fingerprint density at radius 3 is 2.27 bits per heavy atom. The molecule has 15 heavy (non-hydrogen) atoms. The van der Waals surface area contributed by atoms with Crippen LogP contribution in [0.3, 0.4) is 0 Å². The van der Waals surface area contributed by atoms with E-state index in [4.69, 9.17) is 4.74 Å². The molecule has 0 spiro atoms. The van der Waals surface area contributed by atoms with E-state index in [0.717, 1.165) is 11.4 Å². The second-order valence-corrected chi connectivity index (χ2v) is 4.05. The molecular weight excluding hydrogens is 186 g/mol. The van der Waals surface area contributed by atoms with Crippen molar-refractivity contribution in [3.63, 3.8) is 0 Å². The largest absolute Gasteiger partial charge is 0.497 e. The molecule has 1 aromatic carbocycles. The molecule has 0 fully saturated rings. The van der Waals surface area contributed by atoms with E-state index in [1.54, 1.807) is 7.11 Å². The van der Waals surface area contributed by atoms with Gasteiger partial charge in [-0.3, -0.25) is 0 Å². The van der Waals surface area contributed by atoms with Crippen LogP contribution in [0.25, 0.3) is 0 Å². The van der Waals surface area contributed by atoms with Crippen molar-refractivity contribution in [3.8, 4) is 5.75 Å². The van der Waals surface area contributed by atoms with Gasteiger partial charge in [0.1, 0.15) is 5.75 Å². The first-order chi connectivity index (χ1) is 7.17. The van der Waals surface area contributed by atoms with Crippen molar-refractivity contribution in [2.24, 2.45) is 5.92 Å². The second-order valence-electron chi connectivity index (χ2n) is 4.05. The van der Waals surface area contributed by atoms with E-state index in [0.29, 0.717) is 12.0 Å². The minimum atomic E-state index is 0.503. The van der Waals surface area contributed by atoms with Crippen molar-refractivity contribution in [3.05, 3.63) is 24.3 Å². The summed E-state index contributed by atoms with van der Waals surface area (Å²) in [5, 5.41) is 3.49. The molecule has 2 heteroatoms. The second kappa shape index (κ2) is 5.64. The molecule has 84 valence electrons. The molecule has 0 radical (unpaired) electrons. The first-order valence-electron chi connectivity index (χ1n) is 5.58. The van der Waals surface area contributed by atoms with Gasteiger partial charge in [0.15, 0.2) is 0 Å². The highest BCUT2D eigenvalue weighted by Gasteiger charge is 2.09. The predicted octanol–water partition coefficient (Wildman–Crippen LogP) is 3.54. The van der Waals surface area contributed by atoms with Crippen LogP contribution in [0.4, 0.5) is 5.69 Å². The Hall–Kier alpha value is -1.18. The molecule has 2 atom stereocenters. The van der Waals surface area contributed by atoms with Gasteiger partial charge >= 0.3 is 0 Å². The monoisotopic (exact) mass is 207 g/mol. The van der Waals surface area contributed by atoms with E-state index in [9.17, 15) is 0 Å². The molecule has 0 aliphatic rings. The summed E-state index contributed by atoms with van der Waals surface area (Å²) in [4.78, 5) is 0. The van der Waals surface area contributed by atoms with Gasteiger partial charge in [-0.05, 0) is 37.1 Å². The van der Waals surface area contributed by atoms with Crippen LogP contribution in [-0.2, 0) is 0 Å². The summed E-state index contributed by atoms with van der Waals surface area (Å²) in [6.07, 6.45) is 1.20. The highest BCUT2D eigenvalue weighted by Crippen LogP contribution is 2.18. The lowest BCUT2D eigenvalue weighted by atomic mass is 10.0. The van der Waals surface area contributed by atoms with Crippen LogP contribution < -0.4 is 10.1 Å². The number of benzene rings is 1. The Kier molecular flexibility index (Phi) is 4.47. The third-order valence-electron chi connectivity index (χ3n) is 2.98. The molecule has 2 nitrogen and oxygen atoms in total. The smallest absolute Gasteiger partial charge is 0.119 e. The maximum Gasteiger partial charge on any atom is 0.119 e.